The molecule has 78 valence electrons. The standard InChI is InChI=1S/C10H21NOS/c1-8(2)12-7-9(11)10(3)5-4-6-13-10/h8-9H,4-7,11H2,1-3H3. The maximum atomic E-state index is 6.12. The molecule has 1 fully saturated rings. The number of nitrogens with two attached hydrogens (primary N) is 1. The third-order valence-corrected chi connectivity index (χ3v) is 4.30. The van der Waals surface area contributed by atoms with Gasteiger partial charge in [0.25, 0.3) is 0 Å². The predicted octanol–water partition coefficient (Wildman–Crippen LogP) is 2.02. The molecule has 0 saturated carbocycles. The SMILES string of the molecule is CC(C)OCC(N)C1(C)CCCS1. The average molecular weight is 203 g/mol. The maximum absolute atomic E-state index is 6.12. The van der Waals surface area contributed by atoms with Gasteiger partial charge in [0.2, 0.25) is 0 Å². The lowest BCUT2D eigenvalue weighted by atomic mass is 9.97. The van der Waals surface area contributed by atoms with Crippen molar-refractivity contribution in [1.29, 1.82) is 0 Å². The van der Waals surface area contributed by atoms with Crippen LogP contribution in [0, 0.1) is 0 Å². The summed E-state index contributed by atoms with van der Waals surface area (Å²) in [7, 11) is 0. The highest BCUT2D eigenvalue weighted by atomic mass is 32.2. The van der Waals surface area contributed by atoms with Crippen molar-refractivity contribution in [3.05, 3.63) is 0 Å². The molecular formula is C10H21NOS. The van der Waals surface area contributed by atoms with Crippen molar-refractivity contribution < 1.29 is 4.74 Å². The van der Waals surface area contributed by atoms with Gasteiger partial charge in [-0.3, -0.25) is 0 Å². The zero-order valence-corrected chi connectivity index (χ0v) is 9.69. The summed E-state index contributed by atoms with van der Waals surface area (Å²) >= 11 is 2.00. The molecule has 13 heavy (non-hydrogen) atoms. The fraction of sp³-hybridized carbons (Fsp3) is 1.00. The molecule has 1 aliphatic rings. The zero-order chi connectivity index (χ0) is 9.90. The molecular weight excluding hydrogens is 182 g/mol. The van der Waals surface area contributed by atoms with E-state index in [-0.39, 0.29) is 10.8 Å². The van der Waals surface area contributed by atoms with Crippen molar-refractivity contribution in [3.63, 3.8) is 0 Å². The molecule has 2 atom stereocenters. The lowest BCUT2D eigenvalue weighted by molar-refractivity contribution is 0.0621. The Morgan fingerprint density at radius 1 is 1.54 bits per heavy atom. The zero-order valence-electron chi connectivity index (χ0n) is 8.88. The topological polar surface area (TPSA) is 35.2 Å². The first-order valence-corrected chi connectivity index (χ1v) is 6.04. The summed E-state index contributed by atoms with van der Waals surface area (Å²) in [6, 6.07) is 0.183. The van der Waals surface area contributed by atoms with E-state index in [2.05, 4.69) is 20.8 Å². The van der Waals surface area contributed by atoms with Crippen LogP contribution in [0.15, 0.2) is 0 Å². The predicted molar refractivity (Wildman–Crippen MR) is 59.2 cm³/mol. The Labute approximate surface area is 85.6 Å². The molecule has 0 aromatic carbocycles. The first-order valence-electron chi connectivity index (χ1n) is 5.06. The van der Waals surface area contributed by atoms with E-state index in [1.807, 2.05) is 11.8 Å². The second-order valence-electron chi connectivity index (χ2n) is 4.25. The molecule has 0 spiro atoms. The van der Waals surface area contributed by atoms with Gasteiger partial charge >= 0.3 is 0 Å². The van der Waals surface area contributed by atoms with Crippen LogP contribution in [0.25, 0.3) is 0 Å². The monoisotopic (exact) mass is 203 g/mol. The van der Waals surface area contributed by atoms with Gasteiger partial charge in [-0.1, -0.05) is 0 Å². The van der Waals surface area contributed by atoms with Gasteiger partial charge in [0.05, 0.1) is 12.7 Å². The Bertz CT molecular complexity index is 155. The van der Waals surface area contributed by atoms with E-state index >= 15 is 0 Å². The van der Waals surface area contributed by atoms with E-state index in [0.717, 1.165) is 0 Å². The Kier molecular flexibility index (Phi) is 4.07. The minimum absolute atomic E-state index is 0.183. The highest BCUT2D eigenvalue weighted by Gasteiger charge is 2.35. The summed E-state index contributed by atoms with van der Waals surface area (Å²) in [5, 5.41) is 0. The summed E-state index contributed by atoms with van der Waals surface area (Å²) in [4.78, 5) is 0. The maximum Gasteiger partial charge on any atom is 0.0634 e. The first kappa shape index (κ1) is 11.3. The normalized spacial score (nSPS) is 31.2. The minimum atomic E-state index is 0.183. The second-order valence-corrected chi connectivity index (χ2v) is 5.88. The summed E-state index contributed by atoms with van der Waals surface area (Å²) in [5.74, 6) is 1.26. The van der Waals surface area contributed by atoms with Crippen LogP contribution >= 0.6 is 11.8 Å². The average Bonchev–Trinajstić information content (AvgIpc) is 2.49. The molecule has 1 heterocycles. The van der Waals surface area contributed by atoms with E-state index in [9.17, 15) is 0 Å². The molecule has 0 aromatic rings. The van der Waals surface area contributed by atoms with Gasteiger partial charge in [0, 0.05) is 10.8 Å². The van der Waals surface area contributed by atoms with Gasteiger partial charge in [0.15, 0.2) is 0 Å². The van der Waals surface area contributed by atoms with Crippen LogP contribution in [0.4, 0.5) is 0 Å². The lowest BCUT2D eigenvalue weighted by Crippen LogP contribution is -2.45. The largest absolute Gasteiger partial charge is 0.377 e. The van der Waals surface area contributed by atoms with E-state index in [0.29, 0.717) is 12.7 Å². The van der Waals surface area contributed by atoms with Crippen molar-refractivity contribution in [2.24, 2.45) is 5.73 Å². The smallest absolute Gasteiger partial charge is 0.0634 e. The van der Waals surface area contributed by atoms with Gasteiger partial charge in [-0.15, -0.1) is 0 Å². The number of hydrogen-bond acceptors (Lipinski definition) is 3. The minimum Gasteiger partial charge on any atom is -0.377 e. The van der Waals surface area contributed by atoms with Crippen LogP contribution in [0.1, 0.15) is 33.6 Å². The van der Waals surface area contributed by atoms with Crippen LogP contribution in [0.5, 0.6) is 0 Å². The van der Waals surface area contributed by atoms with E-state index in [4.69, 9.17) is 10.5 Å². The van der Waals surface area contributed by atoms with Crippen molar-refractivity contribution >= 4 is 11.8 Å². The number of hydrogen-bond donors (Lipinski definition) is 1. The van der Waals surface area contributed by atoms with Crippen LogP contribution in [0.3, 0.4) is 0 Å². The Morgan fingerprint density at radius 3 is 2.69 bits per heavy atom. The van der Waals surface area contributed by atoms with Gasteiger partial charge in [0.1, 0.15) is 0 Å². The molecule has 0 bridgehead atoms. The highest BCUT2D eigenvalue weighted by Crippen LogP contribution is 2.39. The van der Waals surface area contributed by atoms with Crippen molar-refractivity contribution in [1.82, 2.24) is 0 Å². The van der Waals surface area contributed by atoms with Crippen molar-refractivity contribution in [2.45, 2.75) is 50.5 Å². The number of thioether (sulfide) groups is 1. The molecule has 2 nitrogen and oxygen atoms in total. The van der Waals surface area contributed by atoms with Gasteiger partial charge in [-0.25, -0.2) is 0 Å². The summed E-state index contributed by atoms with van der Waals surface area (Å²) in [6.45, 7) is 7.06. The number of rotatable bonds is 4. The molecule has 3 heteroatoms. The van der Waals surface area contributed by atoms with E-state index in [1.165, 1.54) is 18.6 Å². The molecule has 2 unspecified atom stereocenters. The summed E-state index contributed by atoms with van der Waals surface area (Å²) in [5.41, 5.74) is 6.12. The van der Waals surface area contributed by atoms with Crippen LogP contribution in [-0.2, 0) is 4.74 Å². The van der Waals surface area contributed by atoms with Crippen LogP contribution in [0.2, 0.25) is 0 Å². The molecule has 2 N–H and O–H groups in total. The van der Waals surface area contributed by atoms with Gasteiger partial charge in [-0.05, 0) is 39.4 Å². The highest BCUT2D eigenvalue weighted by molar-refractivity contribution is 8.00. The first-order chi connectivity index (χ1) is 6.04. The fourth-order valence-electron chi connectivity index (χ4n) is 1.57. The molecule has 1 saturated heterocycles. The molecule has 0 aliphatic carbocycles. The molecule has 1 aliphatic heterocycles. The Hall–Kier alpha value is 0.270. The van der Waals surface area contributed by atoms with Crippen molar-refractivity contribution in [2.75, 3.05) is 12.4 Å². The Morgan fingerprint density at radius 2 is 2.23 bits per heavy atom. The summed E-state index contributed by atoms with van der Waals surface area (Å²) in [6.07, 6.45) is 2.83. The molecule has 0 amide bonds. The molecule has 0 aromatic heterocycles. The third kappa shape index (κ3) is 3.15. The van der Waals surface area contributed by atoms with E-state index in [1.54, 1.807) is 0 Å². The second kappa shape index (κ2) is 4.67. The molecule has 1 rings (SSSR count). The summed E-state index contributed by atoms with van der Waals surface area (Å²) < 4.78 is 5.80. The van der Waals surface area contributed by atoms with Crippen molar-refractivity contribution in [3.8, 4) is 0 Å². The Balaban J connectivity index is 2.33. The molecule has 0 radical (unpaired) electrons. The van der Waals surface area contributed by atoms with Gasteiger partial charge in [-0.2, -0.15) is 11.8 Å². The van der Waals surface area contributed by atoms with Gasteiger partial charge < -0.3 is 10.5 Å². The third-order valence-electron chi connectivity index (χ3n) is 2.64. The van der Waals surface area contributed by atoms with Crippen LogP contribution < -0.4 is 5.73 Å². The van der Waals surface area contributed by atoms with E-state index < -0.39 is 0 Å². The lowest BCUT2D eigenvalue weighted by Gasteiger charge is -2.30. The van der Waals surface area contributed by atoms with Crippen LogP contribution in [-0.4, -0.2) is 29.3 Å². The quantitative estimate of drug-likeness (QED) is 0.759. The fourth-order valence-corrected chi connectivity index (χ4v) is 2.89. The number of ether oxygens (including phenoxy) is 1.